The van der Waals surface area contributed by atoms with E-state index in [9.17, 15) is 0 Å². The summed E-state index contributed by atoms with van der Waals surface area (Å²) < 4.78 is 10.1. The maximum absolute atomic E-state index is 5.71. The number of nitrogens with zero attached hydrogens (tertiary/aromatic N) is 3. The second kappa shape index (κ2) is 7.89. The zero-order valence-electron chi connectivity index (χ0n) is 16.7. The molecule has 0 spiro atoms. The van der Waals surface area contributed by atoms with Crippen molar-refractivity contribution < 1.29 is 9.64 Å². The average Bonchev–Trinajstić information content (AvgIpc) is 3.52. The van der Waals surface area contributed by atoms with Gasteiger partial charge in [-0.1, -0.05) is 24.3 Å². The molecule has 6 heteroatoms. The summed E-state index contributed by atoms with van der Waals surface area (Å²) >= 11 is 5.71. The van der Waals surface area contributed by atoms with Gasteiger partial charge in [0, 0.05) is 31.0 Å². The summed E-state index contributed by atoms with van der Waals surface area (Å²) in [6.45, 7) is 3.87. The second-order valence-electron chi connectivity index (χ2n) is 7.60. The number of nitrogens with one attached hydrogen (secondary N) is 1. The third-order valence-corrected chi connectivity index (χ3v) is 6.01. The molecule has 4 rings (SSSR count). The summed E-state index contributed by atoms with van der Waals surface area (Å²) in [4.78, 5) is 1.51. The van der Waals surface area contributed by atoms with Crippen LogP contribution < -0.4 is 9.64 Å². The van der Waals surface area contributed by atoms with E-state index < -0.39 is 0 Å². The summed E-state index contributed by atoms with van der Waals surface area (Å²) in [6, 6.07) is 17.4. The number of benzene rings is 2. The fourth-order valence-corrected chi connectivity index (χ4v) is 3.86. The highest BCUT2D eigenvalue weighted by atomic mass is 32.1. The molecule has 3 aromatic rings. The Bertz CT molecular complexity index is 1020. The first-order chi connectivity index (χ1) is 13.6. The van der Waals surface area contributed by atoms with E-state index in [0.29, 0.717) is 6.04 Å². The van der Waals surface area contributed by atoms with Crippen molar-refractivity contribution in [3.05, 3.63) is 64.4 Å². The number of ether oxygens (including phenoxy) is 1. The predicted molar refractivity (Wildman–Crippen MR) is 113 cm³/mol. The zero-order valence-corrected chi connectivity index (χ0v) is 17.5. The molecule has 0 radical (unpaired) electrons. The molecule has 1 unspecified atom stereocenters. The quantitative estimate of drug-likeness (QED) is 0.625. The van der Waals surface area contributed by atoms with Crippen LogP contribution in [0.25, 0.3) is 11.4 Å². The Hall–Kier alpha value is -2.44. The molecule has 146 valence electrons. The lowest BCUT2D eigenvalue weighted by Crippen LogP contribution is -3.11. The van der Waals surface area contributed by atoms with Crippen molar-refractivity contribution in [1.82, 2.24) is 14.3 Å². The van der Waals surface area contributed by atoms with Gasteiger partial charge in [-0.05, 0) is 49.0 Å². The van der Waals surface area contributed by atoms with Gasteiger partial charge in [0.25, 0.3) is 0 Å². The molecule has 0 aliphatic heterocycles. The molecule has 2 aromatic carbocycles. The van der Waals surface area contributed by atoms with Crippen LogP contribution in [0.5, 0.6) is 5.75 Å². The van der Waals surface area contributed by atoms with E-state index in [2.05, 4.69) is 43.3 Å². The van der Waals surface area contributed by atoms with Crippen molar-refractivity contribution in [1.29, 1.82) is 0 Å². The highest BCUT2D eigenvalue weighted by molar-refractivity contribution is 7.71. The molecule has 28 heavy (non-hydrogen) atoms. The van der Waals surface area contributed by atoms with Crippen LogP contribution in [0, 0.1) is 11.7 Å². The molecule has 1 aliphatic carbocycles. The van der Waals surface area contributed by atoms with Crippen molar-refractivity contribution in [2.75, 3.05) is 7.11 Å². The molecule has 1 heterocycles. The number of methoxy groups -OCH3 is 1. The highest BCUT2D eigenvalue weighted by Gasteiger charge is 2.34. The van der Waals surface area contributed by atoms with Gasteiger partial charge in [-0.2, -0.15) is 4.68 Å². The first-order valence-electron chi connectivity index (χ1n) is 9.74. The Kier molecular flexibility index (Phi) is 5.33. The number of hydrogen-bond donors (Lipinski definition) is 1. The van der Waals surface area contributed by atoms with Crippen LogP contribution in [-0.4, -0.2) is 27.5 Å². The molecule has 1 fully saturated rings. The largest absolute Gasteiger partial charge is 0.497 e. The van der Waals surface area contributed by atoms with Crippen molar-refractivity contribution in [3.8, 4) is 17.1 Å². The lowest BCUT2D eigenvalue weighted by atomic mass is 10.1. The number of aromatic nitrogens is 3. The van der Waals surface area contributed by atoms with Gasteiger partial charge in [0.05, 0.1) is 13.2 Å². The van der Waals surface area contributed by atoms with Crippen molar-refractivity contribution in [2.45, 2.75) is 39.0 Å². The number of quaternary nitrogens is 1. The van der Waals surface area contributed by atoms with Gasteiger partial charge < -0.3 is 14.2 Å². The Morgan fingerprint density at radius 2 is 1.86 bits per heavy atom. The van der Waals surface area contributed by atoms with Crippen molar-refractivity contribution >= 4 is 12.2 Å². The molecule has 0 saturated heterocycles. The van der Waals surface area contributed by atoms with Gasteiger partial charge in [0.2, 0.25) is 4.77 Å². The second-order valence-corrected chi connectivity index (χ2v) is 7.96. The van der Waals surface area contributed by atoms with E-state index >= 15 is 0 Å². The Morgan fingerprint density at radius 3 is 2.50 bits per heavy atom. The zero-order chi connectivity index (χ0) is 19.7. The monoisotopic (exact) mass is 395 g/mol. The summed E-state index contributed by atoms with van der Waals surface area (Å²) in [6.07, 6.45) is 2.55. The molecular weight excluding hydrogens is 368 g/mol. The summed E-state index contributed by atoms with van der Waals surface area (Å²) in [7, 11) is 3.71. The smallest absolute Gasteiger partial charge is 0.202 e. The Balaban J connectivity index is 1.58. The van der Waals surface area contributed by atoms with Crippen molar-refractivity contribution in [3.63, 3.8) is 0 Å². The van der Waals surface area contributed by atoms with Crippen LogP contribution in [-0.2, 0) is 20.3 Å². The first kappa shape index (κ1) is 18.9. The standard InChI is InChI=1S/C22H26N4OS/c1-16-6-4-5-7-20(16)21-23-26(22(28)24(21)2)15-25(18-10-11-18)14-17-8-12-19(27-3)13-9-17/h4-9,12-13,18H,10-11,14-15H2,1-3H3/p+1. The van der Waals surface area contributed by atoms with Gasteiger partial charge in [-0.25, -0.2) is 0 Å². The molecule has 0 amide bonds. The molecule has 1 N–H and O–H groups in total. The van der Waals surface area contributed by atoms with E-state index in [1.54, 1.807) is 7.11 Å². The van der Waals surface area contributed by atoms with E-state index in [1.807, 2.05) is 28.4 Å². The van der Waals surface area contributed by atoms with Gasteiger partial charge >= 0.3 is 0 Å². The Labute approximate surface area is 171 Å². The van der Waals surface area contributed by atoms with Crippen LogP contribution in [0.15, 0.2) is 48.5 Å². The maximum Gasteiger partial charge on any atom is 0.202 e. The van der Waals surface area contributed by atoms with Crippen LogP contribution in [0.2, 0.25) is 0 Å². The van der Waals surface area contributed by atoms with Crippen LogP contribution in [0.1, 0.15) is 24.0 Å². The number of rotatable bonds is 7. The van der Waals surface area contributed by atoms with Gasteiger partial charge in [0.1, 0.15) is 12.3 Å². The van der Waals surface area contributed by atoms with E-state index in [1.165, 1.54) is 28.9 Å². The van der Waals surface area contributed by atoms with Gasteiger partial charge in [-0.15, -0.1) is 5.10 Å². The minimum atomic E-state index is 0.688. The normalized spacial score (nSPS) is 14.8. The highest BCUT2D eigenvalue weighted by Crippen LogP contribution is 2.21. The maximum atomic E-state index is 5.71. The molecule has 0 bridgehead atoms. The van der Waals surface area contributed by atoms with E-state index in [0.717, 1.165) is 35.1 Å². The first-order valence-corrected chi connectivity index (χ1v) is 10.1. The Morgan fingerprint density at radius 1 is 1.14 bits per heavy atom. The fourth-order valence-electron chi connectivity index (χ4n) is 3.67. The minimum absolute atomic E-state index is 0.688. The lowest BCUT2D eigenvalue weighted by molar-refractivity contribution is -0.947. The number of hydrogen-bond acceptors (Lipinski definition) is 3. The fraction of sp³-hybridized carbons (Fsp3) is 0.364. The third kappa shape index (κ3) is 3.88. The van der Waals surface area contributed by atoms with Crippen LogP contribution in [0.3, 0.4) is 0 Å². The topological polar surface area (TPSA) is 36.4 Å². The van der Waals surface area contributed by atoms with Crippen LogP contribution in [0.4, 0.5) is 0 Å². The molecule has 5 nitrogen and oxygen atoms in total. The molecular formula is C22H27N4OS+. The van der Waals surface area contributed by atoms with Crippen LogP contribution >= 0.6 is 12.2 Å². The van der Waals surface area contributed by atoms with Gasteiger partial charge in [-0.3, -0.25) is 0 Å². The van der Waals surface area contributed by atoms with Gasteiger partial charge in [0.15, 0.2) is 12.5 Å². The van der Waals surface area contributed by atoms with E-state index in [-0.39, 0.29) is 0 Å². The summed E-state index contributed by atoms with van der Waals surface area (Å²) in [5.74, 6) is 1.83. The summed E-state index contributed by atoms with van der Waals surface area (Å²) in [5.41, 5.74) is 3.66. The van der Waals surface area contributed by atoms with Crippen molar-refractivity contribution in [2.24, 2.45) is 7.05 Å². The average molecular weight is 396 g/mol. The lowest BCUT2D eigenvalue weighted by Gasteiger charge is -2.19. The predicted octanol–water partition coefficient (Wildman–Crippen LogP) is 3.14. The van der Waals surface area contributed by atoms with E-state index in [4.69, 9.17) is 22.1 Å². The minimum Gasteiger partial charge on any atom is -0.497 e. The number of aryl methyl sites for hydroxylation is 1. The SMILES string of the molecule is COc1ccc(C[NH+](Cn2nc(-c3ccccc3C)n(C)c2=S)C2CC2)cc1. The molecule has 1 aromatic heterocycles. The molecule has 1 aliphatic rings. The molecule has 1 saturated carbocycles. The summed E-state index contributed by atoms with van der Waals surface area (Å²) in [5, 5.41) is 4.89. The molecule has 1 atom stereocenters. The third-order valence-electron chi connectivity index (χ3n) is 5.52.